The zero-order valence-corrected chi connectivity index (χ0v) is 16.9. The molecule has 0 aliphatic rings. The highest BCUT2D eigenvalue weighted by molar-refractivity contribution is 7.22. The van der Waals surface area contributed by atoms with Crippen molar-refractivity contribution in [2.24, 2.45) is 0 Å². The van der Waals surface area contributed by atoms with Gasteiger partial charge in [-0.05, 0) is 30.2 Å². The van der Waals surface area contributed by atoms with E-state index in [1.165, 1.54) is 10.5 Å². The van der Waals surface area contributed by atoms with Crippen LogP contribution < -0.4 is 14.5 Å². The SMILES string of the molecule is COc1ccc2nc(N(CC[NH+](C)C)C(=O)CCc3ccccc3)sc2c1. The maximum Gasteiger partial charge on any atom is 0.229 e. The van der Waals surface area contributed by atoms with Crippen molar-refractivity contribution in [1.82, 2.24) is 4.98 Å². The molecular formula is C21H26N3O2S+. The summed E-state index contributed by atoms with van der Waals surface area (Å²) in [5.74, 6) is 0.920. The average Bonchev–Trinajstić information content (AvgIpc) is 3.09. The van der Waals surface area contributed by atoms with E-state index in [0.29, 0.717) is 13.0 Å². The van der Waals surface area contributed by atoms with E-state index >= 15 is 0 Å². The maximum absolute atomic E-state index is 13.0. The van der Waals surface area contributed by atoms with E-state index in [2.05, 4.69) is 26.2 Å². The van der Waals surface area contributed by atoms with Crippen LogP contribution in [0.5, 0.6) is 5.75 Å². The molecular weight excluding hydrogens is 358 g/mol. The van der Waals surface area contributed by atoms with Crippen LogP contribution in [0.1, 0.15) is 12.0 Å². The Morgan fingerprint density at radius 2 is 1.96 bits per heavy atom. The standard InChI is InChI=1S/C21H25N3O2S/c1-23(2)13-14-24(20(25)12-9-16-7-5-4-6-8-16)21-22-18-11-10-17(26-3)15-19(18)27-21/h4-8,10-11,15H,9,12-14H2,1-3H3/p+1. The number of aromatic nitrogens is 1. The number of aryl methyl sites for hydroxylation is 1. The molecule has 0 unspecified atom stereocenters. The summed E-state index contributed by atoms with van der Waals surface area (Å²) < 4.78 is 6.33. The normalized spacial score (nSPS) is 11.1. The Kier molecular flexibility index (Phi) is 6.42. The van der Waals surface area contributed by atoms with Crippen molar-refractivity contribution in [1.29, 1.82) is 0 Å². The lowest BCUT2D eigenvalue weighted by molar-refractivity contribution is -0.856. The molecule has 1 heterocycles. The molecule has 0 saturated carbocycles. The van der Waals surface area contributed by atoms with Gasteiger partial charge in [0.05, 0.1) is 44.5 Å². The highest BCUT2D eigenvalue weighted by Crippen LogP contribution is 2.31. The van der Waals surface area contributed by atoms with E-state index < -0.39 is 0 Å². The lowest BCUT2D eigenvalue weighted by atomic mass is 10.1. The van der Waals surface area contributed by atoms with Crippen molar-refractivity contribution in [3.8, 4) is 5.75 Å². The third kappa shape index (κ3) is 5.05. The number of amides is 1. The summed E-state index contributed by atoms with van der Waals surface area (Å²) in [4.78, 5) is 20.8. The Morgan fingerprint density at radius 3 is 2.67 bits per heavy atom. The lowest BCUT2D eigenvalue weighted by Gasteiger charge is -2.20. The van der Waals surface area contributed by atoms with Gasteiger partial charge in [0.25, 0.3) is 0 Å². The lowest BCUT2D eigenvalue weighted by Crippen LogP contribution is -3.06. The molecule has 0 aliphatic heterocycles. The molecule has 0 atom stereocenters. The minimum absolute atomic E-state index is 0.117. The van der Waals surface area contributed by atoms with Crippen molar-refractivity contribution >= 4 is 32.6 Å². The third-order valence-electron chi connectivity index (χ3n) is 4.42. The number of fused-ring (bicyclic) bond motifs is 1. The van der Waals surface area contributed by atoms with Crippen LogP contribution in [-0.2, 0) is 11.2 Å². The highest BCUT2D eigenvalue weighted by Gasteiger charge is 2.20. The molecule has 0 saturated heterocycles. The molecule has 0 aliphatic carbocycles. The first-order valence-electron chi connectivity index (χ1n) is 9.14. The van der Waals surface area contributed by atoms with Gasteiger partial charge in [-0.15, -0.1) is 0 Å². The van der Waals surface area contributed by atoms with Gasteiger partial charge in [-0.1, -0.05) is 41.7 Å². The highest BCUT2D eigenvalue weighted by atomic mass is 32.1. The Morgan fingerprint density at radius 1 is 1.19 bits per heavy atom. The number of quaternary nitrogens is 1. The molecule has 1 aromatic heterocycles. The van der Waals surface area contributed by atoms with Gasteiger partial charge in [0.2, 0.25) is 5.91 Å². The first-order chi connectivity index (χ1) is 13.1. The van der Waals surface area contributed by atoms with Crippen molar-refractivity contribution < 1.29 is 14.4 Å². The van der Waals surface area contributed by atoms with Crippen LogP contribution in [0.25, 0.3) is 10.2 Å². The number of carbonyl (C=O) groups is 1. The first kappa shape index (κ1) is 19.3. The van der Waals surface area contributed by atoms with Gasteiger partial charge in [-0.25, -0.2) is 4.98 Å². The second kappa shape index (κ2) is 8.97. The monoisotopic (exact) mass is 384 g/mol. The van der Waals surface area contributed by atoms with E-state index in [1.807, 2.05) is 41.3 Å². The summed E-state index contributed by atoms with van der Waals surface area (Å²) in [5, 5.41) is 0.762. The molecule has 2 aromatic carbocycles. The smallest absolute Gasteiger partial charge is 0.229 e. The number of hydrogen-bond acceptors (Lipinski definition) is 4. The molecule has 6 heteroatoms. The van der Waals surface area contributed by atoms with Crippen molar-refractivity contribution in [2.75, 3.05) is 39.2 Å². The molecule has 0 bridgehead atoms. The number of nitrogens with zero attached hydrogens (tertiary/aromatic N) is 2. The summed E-state index contributed by atoms with van der Waals surface area (Å²) in [7, 11) is 5.84. The zero-order valence-electron chi connectivity index (χ0n) is 16.1. The van der Waals surface area contributed by atoms with Gasteiger partial charge < -0.3 is 9.64 Å². The van der Waals surface area contributed by atoms with Gasteiger partial charge in [0, 0.05) is 6.42 Å². The van der Waals surface area contributed by atoms with Crippen LogP contribution in [0.3, 0.4) is 0 Å². The molecule has 1 N–H and O–H groups in total. The molecule has 1 amide bonds. The van der Waals surface area contributed by atoms with E-state index in [4.69, 9.17) is 9.72 Å². The predicted octanol–water partition coefficient (Wildman–Crippen LogP) is 2.42. The molecule has 27 heavy (non-hydrogen) atoms. The quantitative estimate of drug-likeness (QED) is 0.649. The van der Waals surface area contributed by atoms with Crippen molar-refractivity contribution in [3.63, 3.8) is 0 Å². The van der Waals surface area contributed by atoms with Gasteiger partial charge in [-0.3, -0.25) is 9.69 Å². The maximum atomic E-state index is 13.0. The number of methoxy groups -OCH3 is 1. The molecule has 5 nitrogen and oxygen atoms in total. The fraction of sp³-hybridized carbons (Fsp3) is 0.333. The van der Waals surface area contributed by atoms with Gasteiger partial charge in [0.1, 0.15) is 5.75 Å². The zero-order chi connectivity index (χ0) is 19.2. The number of carbonyl (C=O) groups excluding carboxylic acids is 1. The summed E-state index contributed by atoms with van der Waals surface area (Å²) in [5.41, 5.74) is 2.08. The van der Waals surface area contributed by atoms with E-state index in [1.54, 1.807) is 18.4 Å². The number of anilines is 1. The van der Waals surface area contributed by atoms with Crippen LogP contribution in [0.4, 0.5) is 5.13 Å². The number of benzene rings is 2. The number of thiazole rings is 1. The summed E-state index contributed by atoms with van der Waals surface area (Å²) in [6, 6.07) is 15.9. The molecule has 0 radical (unpaired) electrons. The van der Waals surface area contributed by atoms with E-state index in [0.717, 1.165) is 34.1 Å². The van der Waals surface area contributed by atoms with E-state index in [9.17, 15) is 4.79 Å². The molecule has 142 valence electrons. The summed E-state index contributed by atoms with van der Waals surface area (Å²) >= 11 is 1.54. The van der Waals surface area contributed by atoms with Crippen LogP contribution >= 0.6 is 11.3 Å². The van der Waals surface area contributed by atoms with Crippen LogP contribution in [0.2, 0.25) is 0 Å². The predicted molar refractivity (Wildman–Crippen MR) is 111 cm³/mol. The Bertz CT molecular complexity index is 893. The van der Waals surface area contributed by atoms with Gasteiger partial charge in [0.15, 0.2) is 5.13 Å². The summed E-state index contributed by atoms with van der Waals surface area (Å²) in [6.45, 7) is 1.53. The van der Waals surface area contributed by atoms with Crippen LogP contribution in [0, 0.1) is 0 Å². The Labute approximate surface area is 164 Å². The van der Waals surface area contributed by atoms with E-state index in [-0.39, 0.29) is 5.91 Å². The Balaban J connectivity index is 1.80. The number of rotatable bonds is 8. The number of hydrogen-bond donors (Lipinski definition) is 1. The minimum Gasteiger partial charge on any atom is -0.497 e. The second-order valence-electron chi connectivity index (χ2n) is 6.82. The van der Waals surface area contributed by atoms with Gasteiger partial charge in [-0.2, -0.15) is 0 Å². The molecule has 3 rings (SSSR count). The number of likely N-dealkylation sites (N-methyl/N-ethyl adjacent to an activating group) is 1. The Hall–Kier alpha value is -2.44. The van der Waals surface area contributed by atoms with Crippen LogP contribution in [0.15, 0.2) is 48.5 Å². The third-order valence-corrected chi connectivity index (χ3v) is 5.46. The van der Waals surface area contributed by atoms with Gasteiger partial charge >= 0.3 is 0 Å². The molecule has 0 fully saturated rings. The second-order valence-corrected chi connectivity index (χ2v) is 7.83. The minimum atomic E-state index is 0.117. The molecule has 0 spiro atoms. The van der Waals surface area contributed by atoms with Crippen LogP contribution in [-0.4, -0.2) is 45.2 Å². The van der Waals surface area contributed by atoms with Crippen molar-refractivity contribution in [3.05, 3.63) is 54.1 Å². The summed E-state index contributed by atoms with van der Waals surface area (Å²) in [6.07, 6.45) is 1.22. The topological polar surface area (TPSA) is 46.9 Å². The fourth-order valence-corrected chi connectivity index (χ4v) is 3.87. The number of ether oxygens (including phenoxy) is 1. The fourth-order valence-electron chi connectivity index (χ4n) is 2.83. The van der Waals surface area contributed by atoms with Crippen molar-refractivity contribution in [2.45, 2.75) is 12.8 Å². The number of nitrogens with one attached hydrogen (secondary N) is 1. The largest absolute Gasteiger partial charge is 0.497 e. The molecule has 3 aromatic rings. The first-order valence-corrected chi connectivity index (χ1v) is 9.96. The average molecular weight is 385 g/mol.